The first-order valence-electron chi connectivity index (χ1n) is 3.72. The largest absolute Gasteiger partial charge is 0.480 e. The molecule has 0 aliphatic rings. The predicted octanol–water partition coefficient (Wildman–Crippen LogP) is 0.0478. The van der Waals surface area contributed by atoms with E-state index in [0.29, 0.717) is 19.3 Å². The fourth-order valence-electron chi connectivity index (χ4n) is 0.726. The van der Waals surface area contributed by atoms with E-state index >= 15 is 0 Å². The summed E-state index contributed by atoms with van der Waals surface area (Å²) in [4.78, 5) is 27.9. The lowest BCUT2D eigenvalue weighted by atomic mass is 10.1. The molecule has 0 aliphatic carbocycles. The van der Waals surface area contributed by atoms with Crippen LogP contribution in [0.2, 0.25) is 0 Å². The molecule has 5 nitrogen and oxygen atoms in total. The molecule has 0 radical (unpaired) electrons. The number of nitrogens with two attached hydrogens (primary N) is 1. The van der Waals surface area contributed by atoms with Crippen molar-refractivity contribution >= 4 is 30.6 Å². The average Bonchev–Trinajstić information content (AvgIpc) is 1.95. The van der Waals surface area contributed by atoms with Gasteiger partial charge >= 0.3 is 5.97 Å². The summed E-state index contributed by atoms with van der Waals surface area (Å²) in [7, 11) is 0. The molecule has 0 aliphatic heterocycles. The topological polar surface area (TPSA) is 104 Å². The van der Waals surface area contributed by atoms with E-state index in [0.717, 1.165) is 0 Å². The third-order valence-corrected chi connectivity index (χ3v) is 2.65. The van der Waals surface area contributed by atoms with Gasteiger partial charge in [-0.25, -0.2) is 0 Å². The molecule has 0 spiro atoms. The quantitative estimate of drug-likeness (QED) is 0.259. The third-order valence-electron chi connectivity index (χ3n) is 1.41. The zero-order valence-corrected chi connectivity index (χ0v) is 8.79. The van der Waals surface area contributed by atoms with Crippen molar-refractivity contribution in [2.45, 2.75) is 25.3 Å². The highest BCUT2D eigenvalue weighted by Crippen LogP contribution is 2.41. The van der Waals surface area contributed by atoms with Crippen molar-refractivity contribution in [3.05, 3.63) is 0 Å². The third kappa shape index (κ3) is 8.33. The molecule has 0 aromatic rings. The summed E-state index contributed by atoms with van der Waals surface area (Å²) >= 11 is 3.54. The summed E-state index contributed by atoms with van der Waals surface area (Å²) in [5, 5.41) is 8.40. The summed E-state index contributed by atoms with van der Waals surface area (Å²) in [6, 6.07) is -0.876. The standard InChI is InChI=1S/C6H14NO4PS/c7-5(6(8)9)3-1-2-4-12(10,11)13/h4-5,10-11,13H,1-3,7H2,(H,8,9)/t5-/m1/s1. The predicted molar refractivity (Wildman–Crippen MR) is 55.9 cm³/mol. The Morgan fingerprint density at radius 3 is 2.54 bits per heavy atom. The van der Waals surface area contributed by atoms with Gasteiger partial charge in [0.2, 0.25) is 0 Å². The number of thiol groups is 1. The normalized spacial score (nSPS) is 13.8. The molecule has 5 N–H and O–H groups in total. The average molecular weight is 227 g/mol. The maximum Gasteiger partial charge on any atom is 0.320 e. The lowest BCUT2D eigenvalue weighted by Gasteiger charge is -2.05. The molecular formula is C6H14NO4PS. The number of unbranched alkanes of at least 4 members (excludes halogenated alkanes) is 1. The van der Waals surface area contributed by atoms with Crippen molar-refractivity contribution in [2.24, 2.45) is 5.73 Å². The molecule has 0 rings (SSSR count). The zero-order chi connectivity index (χ0) is 10.5. The van der Waals surface area contributed by atoms with Crippen LogP contribution in [0.25, 0.3) is 0 Å². The highest BCUT2D eigenvalue weighted by atomic mass is 32.7. The molecule has 0 bridgehead atoms. The van der Waals surface area contributed by atoms with Crippen LogP contribution in [0.1, 0.15) is 19.3 Å². The molecule has 0 aromatic carbocycles. The molecule has 1 atom stereocenters. The molecule has 7 heteroatoms. The van der Waals surface area contributed by atoms with Gasteiger partial charge in [0.05, 0.1) is 0 Å². The Labute approximate surface area is 81.9 Å². The number of hydrogen-bond acceptors (Lipinski definition) is 5. The highest BCUT2D eigenvalue weighted by molar-refractivity contribution is 8.47. The van der Waals surface area contributed by atoms with Crippen LogP contribution in [-0.2, 0) is 4.79 Å². The van der Waals surface area contributed by atoms with Gasteiger partial charge in [-0.05, 0) is 25.1 Å². The monoisotopic (exact) mass is 227 g/mol. The Hall–Kier alpha value is 0. The molecule has 13 heavy (non-hydrogen) atoms. The molecule has 0 fully saturated rings. The van der Waals surface area contributed by atoms with Gasteiger partial charge in [0, 0.05) is 0 Å². The maximum absolute atomic E-state index is 10.2. The second kappa shape index (κ2) is 5.67. The molecule has 0 saturated heterocycles. The van der Waals surface area contributed by atoms with Crippen molar-refractivity contribution < 1.29 is 19.7 Å². The van der Waals surface area contributed by atoms with Crippen LogP contribution < -0.4 is 5.73 Å². The van der Waals surface area contributed by atoms with E-state index in [2.05, 4.69) is 12.2 Å². The van der Waals surface area contributed by atoms with Gasteiger partial charge in [-0.1, -0.05) is 12.2 Å². The Balaban J connectivity index is 3.64. The van der Waals surface area contributed by atoms with Crippen molar-refractivity contribution in [3.8, 4) is 0 Å². The summed E-state index contributed by atoms with van der Waals surface area (Å²) < 4.78 is 0. The first-order chi connectivity index (χ1) is 5.83. The van der Waals surface area contributed by atoms with Gasteiger partial charge in [-0.15, -0.1) is 0 Å². The molecule has 0 unspecified atom stereocenters. The van der Waals surface area contributed by atoms with Crippen LogP contribution >= 0.6 is 18.8 Å². The van der Waals surface area contributed by atoms with Crippen LogP contribution in [0, 0.1) is 0 Å². The number of carbonyl (C=O) groups is 1. The van der Waals surface area contributed by atoms with Gasteiger partial charge in [-0.3, -0.25) is 4.79 Å². The number of carboxylic acid groups (broad SMARTS) is 1. The van der Waals surface area contributed by atoms with Crippen molar-refractivity contribution in [1.29, 1.82) is 0 Å². The minimum atomic E-state index is -3.12. The van der Waals surface area contributed by atoms with E-state index in [1.54, 1.807) is 0 Å². The van der Waals surface area contributed by atoms with Crippen LogP contribution in [0.3, 0.4) is 0 Å². The lowest BCUT2D eigenvalue weighted by Crippen LogP contribution is -2.29. The van der Waals surface area contributed by atoms with E-state index in [1.165, 1.54) is 5.80 Å². The number of rotatable bonds is 5. The number of carboxylic acids is 1. The van der Waals surface area contributed by atoms with E-state index in [9.17, 15) is 4.79 Å². The lowest BCUT2D eigenvalue weighted by molar-refractivity contribution is -0.138. The second-order valence-electron chi connectivity index (χ2n) is 2.67. The molecule has 0 saturated carbocycles. The molecule has 0 amide bonds. The van der Waals surface area contributed by atoms with E-state index in [4.69, 9.17) is 20.6 Å². The van der Waals surface area contributed by atoms with Crippen LogP contribution in [0.15, 0.2) is 0 Å². The van der Waals surface area contributed by atoms with Crippen LogP contribution in [0.5, 0.6) is 0 Å². The van der Waals surface area contributed by atoms with Gasteiger partial charge in [0.1, 0.15) is 6.04 Å². The summed E-state index contributed by atoms with van der Waals surface area (Å²) in [6.45, 7) is -3.12. The Morgan fingerprint density at radius 1 is 1.62 bits per heavy atom. The van der Waals surface area contributed by atoms with E-state index in [-0.39, 0.29) is 0 Å². The first-order valence-corrected chi connectivity index (χ1v) is 6.64. The molecule has 78 valence electrons. The SMILES string of the molecule is N[C@H](CCCC=P(O)(O)S)C(=O)O. The number of hydrogen-bond donors (Lipinski definition) is 5. The van der Waals surface area contributed by atoms with Gasteiger partial charge in [0.25, 0.3) is 0 Å². The summed E-state index contributed by atoms with van der Waals surface area (Å²) in [5.74, 6) is 0.241. The summed E-state index contributed by atoms with van der Waals surface area (Å²) in [6.07, 6.45) is 1.24. The molecule has 0 aromatic heterocycles. The van der Waals surface area contributed by atoms with E-state index in [1.807, 2.05) is 0 Å². The van der Waals surface area contributed by atoms with Crippen molar-refractivity contribution in [2.75, 3.05) is 0 Å². The highest BCUT2D eigenvalue weighted by Gasteiger charge is 2.09. The van der Waals surface area contributed by atoms with E-state index < -0.39 is 18.6 Å². The van der Waals surface area contributed by atoms with Gasteiger partial charge < -0.3 is 20.6 Å². The second-order valence-corrected chi connectivity index (χ2v) is 6.03. The van der Waals surface area contributed by atoms with Crippen molar-refractivity contribution in [1.82, 2.24) is 0 Å². The zero-order valence-electron chi connectivity index (χ0n) is 7.00. The smallest absolute Gasteiger partial charge is 0.320 e. The molecular weight excluding hydrogens is 213 g/mol. The Bertz CT molecular complexity index is 218. The fourth-order valence-corrected chi connectivity index (χ4v) is 1.60. The van der Waals surface area contributed by atoms with Gasteiger partial charge in [0.15, 0.2) is 6.54 Å². The number of aliphatic carboxylic acids is 1. The first kappa shape index (κ1) is 13.0. The Morgan fingerprint density at radius 2 is 2.15 bits per heavy atom. The van der Waals surface area contributed by atoms with Crippen LogP contribution in [0.4, 0.5) is 0 Å². The maximum atomic E-state index is 10.2. The molecule has 0 heterocycles. The minimum absolute atomic E-state index is 0.319. The summed E-state index contributed by atoms with van der Waals surface area (Å²) in [5.41, 5.74) is 5.22. The van der Waals surface area contributed by atoms with Crippen molar-refractivity contribution in [3.63, 3.8) is 0 Å². The van der Waals surface area contributed by atoms with Crippen LogP contribution in [-0.4, -0.2) is 32.7 Å². The minimum Gasteiger partial charge on any atom is -0.480 e. The van der Waals surface area contributed by atoms with Gasteiger partial charge in [-0.2, -0.15) is 0 Å². The Kier molecular flexibility index (Phi) is 5.67. The fraction of sp³-hybridized carbons (Fsp3) is 0.667.